The van der Waals surface area contributed by atoms with Crippen LogP contribution in [0.5, 0.6) is 5.75 Å². The minimum absolute atomic E-state index is 0.650. The van der Waals surface area contributed by atoms with Gasteiger partial charge in [-0.1, -0.05) is 200 Å². The third kappa shape index (κ3) is 4.57. The summed E-state index contributed by atoms with van der Waals surface area (Å²) in [5.41, 5.74) is 1.28. The largest absolute Gasteiger partial charge is 0.492 e. The fraction of sp³-hybridized carbons (Fsp3) is 0.0667. The molecule has 0 spiro atoms. The molecule has 1 nitrogen and oxygen atoms in total. The van der Waals surface area contributed by atoms with Crippen LogP contribution in [0.15, 0.2) is 206 Å². The third-order valence-electron chi connectivity index (χ3n) is 10.5. The number of hydrogen-bond donors (Lipinski definition) is 0. The molecule has 48 heavy (non-hydrogen) atoms. The summed E-state index contributed by atoms with van der Waals surface area (Å²) >= 11 is 0. The van der Waals surface area contributed by atoms with E-state index in [9.17, 15) is 0 Å². The molecule has 1 aliphatic rings. The van der Waals surface area contributed by atoms with Crippen molar-refractivity contribution in [2.75, 3.05) is 0 Å². The van der Waals surface area contributed by atoms with Crippen LogP contribution in [0.25, 0.3) is 0 Å². The average Bonchev–Trinajstić information content (AvgIpc) is 3.18. The average molecular weight is 651 g/mol. The number of ether oxygens (including phenoxy) is 1. The second kappa shape index (κ2) is 12.8. The molecule has 0 bridgehead atoms. The van der Waals surface area contributed by atoms with Crippen molar-refractivity contribution < 1.29 is 4.74 Å². The summed E-state index contributed by atoms with van der Waals surface area (Å²) in [6.45, 7) is 0. The Morgan fingerprint density at radius 1 is 0.333 bits per heavy atom. The molecule has 0 amide bonds. The first-order chi connectivity index (χ1) is 23.8. The minimum atomic E-state index is -3.19. The zero-order chi connectivity index (χ0) is 32.3. The van der Waals surface area contributed by atoms with Crippen LogP contribution in [0.1, 0.15) is 12.0 Å². The first kappa shape index (κ1) is 30.1. The molecule has 0 fully saturated rings. The fourth-order valence-corrected chi connectivity index (χ4v) is 24.0. The van der Waals surface area contributed by atoms with E-state index in [4.69, 9.17) is 4.74 Å². The van der Waals surface area contributed by atoms with Gasteiger partial charge in [-0.05, 0) is 55.6 Å². The Balaban J connectivity index is 1.66. The molecule has 8 rings (SSSR count). The van der Waals surface area contributed by atoms with Gasteiger partial charge < -0.3 is 4.74 Å². The molecule has 0 aliphatic carbocycles. The lowest BCUT2D eigenvalue weighted by Crippen LogP contribution is -2.96. The molecular formula is C45H38OSi2. The second-order valence-electron chi connectivity index (χ2n) is 12.7. The van der Waals surface area contributed by atoms with Crippen molar-refractivity contribution in [2.45, 2.75) is 17.7 Å². The molecule has 0 N–H and O–H groups in total. The number of aryl methyl sites for hydroxylation is 1. The summed E-state index contributed by atoms with van der Waals surface area (Å²) in [6, 6.07) is 77.0. The van der Waals surface area contributed by atoms with Gasteiger partial charge in [0.1, 0.15) is 10.6 Å². The molecule has 0 aromatic heterocycles. The maximum absolute atomic E-state index is 8.20. The van der Waals surface area contributed by atoms with E-state index in [0.717, 1.165) is 18.6 Å². The van der Waals surface area contributed by atoms with Crippen molar-refractivity contribution in [3.8, 4) is 5.75 Å². The van der Waals surface area contributed by atoms with Gasteiger partial charge in [0.2, 0.25) is 0 Å². The Morgan fingerprint density at radius 2 is 0.604 bits per heavy atom. The lowest BCUT2D eigenvalue weighted by atomic mass is 10.1. The number of benzene rings is 7. The number of rotatable bonds is 8. The molecule has 1 aliphatic heterocycles. The normalized spacial score (nSPS) is 14.0. The van der Waals surface area contributed by atoms with Crippen LogP contribution < -0.4 is 35.9 Å². The van der Waals surface area contributed by atoms with E-state index in [1.807, 2.05) is 0 Å². The topological polar surface area (TPSA) is 9.23 Å². The summed E-state index contributed by atoms with van der Waals surface area (Å²) < 4.78 is 8.20. The standard InChI is InChI=1S/C45H38OSi2/c1-7-22-38(23-8-1)47(39-24-9-2-10-25-39,40-26-11-3-12-27-40)45(36-35-37-21-19-20-34-44(37)46-45)48(41-28-13-4-14-29-41,42-30-15-5-16-31-42)43-32-17-6-18-33-43/h1-34H,35-36H2. The molecule has 0 unspecified atom stereocenters. The smallest absolute Gasteiger partial charge is 0.194 e. The van der Waals surface area contributed by atoms with Gasteiger partial charge in [-0.25, -0.2) is 0 Å². The zero-order valence-electron chi connectivity index (χ0n) is 27.0. The van der Waals surface area contributed by atoms with E-state index < -0.39 is 21.0 Å². The van der Waals surface area contributed by atoms with E-state index in [2.05, 4.69) is 206 Å². The van der Waals surface area contributed by atoms with Crippen molar-refractivity contribution in [1.29, 1.82) is 0 Å². The van der Waals surface area contributed by atoms with Gasteiger partial charge in [0.15, 0.2) is 16.1 Å². The highest BCUT2D eigenvalue weighted by Gasteiger charge is 2.72. The van der Waals surface area contributed by atoms with Crippen molar-refractivity contribution >= 4 is 47.3 Å². The molecule has 0 radical (unpaired) electrons. The predicted molar refractivity (Wildman–Crippen MR) is 206 cm³/mol. The lowest BCUT2D eigenvalue weighted by Gasteiger charge is -2.60. The number of fused-ring (bicyclic) bond motifs is 1. The molecule has 0 saturated heterocycles. The Bertz CT molecular complexity index is 1770. The summed E-state index contributed by atoms with van der Waals surface area (Å²) in [6.07, 6.45) is 1.80. The molecule has 3 heteroatoms. The van der Waals surface area contributed by atoms with Crippen LogP contribution >= 0.6 is 0 Å². The van der Waals surface area contributed by atoms with Gasteiger partial charge in [0.25, 0.3) is 0 Å². The van der Waals surface area contributed by atoms with Crippen LogP contribution in [0.2, 0.25) is 0 Å². The van der Waals surface area contributed by atoms with Gasteiger partial charge in [-0.15, -0.1) is 0 Å². The SMILES string of the molecule is c1ccc([Si](c2ccccc2)(c2ccccc2)C2([Si](c3ccccc3)(c3ccccc3)c3ccccc3)CCc3ccccc3O2)cc1. The Labute approximate surface area is 286 Å². The van der Waals surface area contributed by atoms with Gasteiger partial charge in [-0.3, -0.25) is 0 Å². The van der Waals surface area contributed by atoms with Crippen molar-refractivity contribution in [2.24, 2.45) is 0 Å². The van der Waals surface area contributed by atoms with Crippen LogP contribution in [0.4, 0.5) is 0 Å². The first-order valence-electron chi connectivity index (χ1n) is 16.9. The van der Waals surface area contributed by atoms with Gasteiger partial charge >= 0.3 is 0 Å². The summed E-state index contributed by atoms with van der Waals surface area (Å²) in [7, 11) is -6.37. The van der Waals surface area contributed by atoms with Gasteiger partial charge in [0.05, 0.1) is 0 Å². The van der Waals surface area contributed by atoms with E-state index in [1.54, 1.807) is 0 Å². The summed E-state index contributed by atoms with van der Waals surface area (Å²) in [4.78, 5) is -0.650. The number of para-hydroxylation sites is 1. The molecule has 0 saturated carbocycles. The molecule has 7 aromatic carbocycles. The third-order valence-corrected chi connectivity index (χ3v) is 23.0. The van der Waals surface area contributed by atoms with Crippen LogP contribution in [0.3, 0.4) is 0 Å². The molecule has 232 valence electrons. The van der Waals surface area contributed by atoms with Crippen LogP contribution in [-0.4, -0.2) is 21.0 Å². The molecular weight excluding hydrogens is 613 g/mol. The molecule has 7 aromatic rings. The van der Waals surface area contributed by atoms with E-state index in [-0.39, 0.29) is 0 Å². The Hall–Kier alpha value is -5.23. The maximum Gasteiger partial charge on any atom is 0.194 e. The quantitative estimate of drug-likeness (QED) is 0.141. The van der Waals surface area contributed by atoms with Gasteiger partial charge in [0, 0.05) is 0 Å². The van der Waals surface area contributed by atoms with Crippen molar-refractivity contribution in [3.05, 3.63) is 212 Å². The molecule has 1 heterocycles. The second-order valence-corrected chi connectivity index (χ2v) is 21.3. The highest BCUT2D eigenvalue weighted by atomic mass is 28.4. The highest BCUT2D eigenvalue weighted by molar-refractivity contribution is 7.29. The monoisotopic (exact) mass is 650 g/mol. The van der Waals surface area contributed by atoms with Crippen LogP contribution in [-0.2, 0) is 6.42 Å². The van der Waals surface area contributed by atoms with Crippen molar-refractivity contribution in [1.82, 2.24) is 0 Å². The first-order valence-corrected chi connectivity index (χ1v) is 20.9. The van der Waals surface area contributed by atoms with Crippen molar-refractivity contribution in [3.63, 3.8) is 0 Å². The predicted octanol–water partition coefficient (Wildman–Crippen LogP) is 6.17. The van der Waals surface area contributed by atoms with E-state index >= 15 is 0 Å². The Kier molecular flexibility index (Phi) is 8.01. The van der Waals surface area contributed by atoms with E-state index in [1.165, 1.54) is 36.7 Å². The highest BCUT2D eigenvalue weighted by Crippen LogP contribution is 2.44. The fourth-order valence-electron chi connectivity index (χ4n) is 8.70. The maximum atomic E-state index is 8.20. The minimum Gasteiger partial charge on any atom is -0.492 e. The van der Waals surface area contributed by atoms with E-state index in [0.29, 0.717) is 0 Å². The number of hydrogen-bond acceptors (Lipinski definition) is 1. The lowest BCUT2D eigenvalue weighted by molar-refractivity contribution is 0.193. The van der Waals surface area contributed by atoms with Crippen LogP contribution in [0, 0.1) is 0 Å². The molecule has 0 atom stereocenters. The van der Waals surface area contributed by atoms with Gasteiger partial charge in [-0.2, -0.15) is 0 Å². The zero-order valence-corrected chi connectivity index (χ0v) is 29.0. The summed E-state index contributed by atoms with van der Waals surface area (Å²) in [5, 5.41) is 8.17. The Morgan fingerprint density at radius 3 is 0.917 bits per heavy atom. The summed E-state index contributed by atoms with van der Waals surface area (Å²) in [5.74, 6) is 1.00.